The van der Waals surface area contributed by atoms with E-state index in [-0.39, 0.29) is 55.0 Å². The minimum Gasteiger partial charge on any atom is -1.00 e. The van der Waals surface area contributed by atoms with Crippen LogP contribution in [0.2, 0.25) is 0 Å². The topological polar surface area (TPSA) is 137 Å². The zero-order valence-electron chi connectivity index (χ0n) is 45.8. The molecule has 2 aromatic heterocycles. The van der Waals surface area contributed by atoms with Gasteiger partial charge in [0.15, 0.2) is 6.54 Å². The standard InChI is InChI=1S/C36H69N6O3.C10H20ClNO.C6H11N3.ClH/c1-28(2)18-40(19-29(3)4)34(43)24-38(25-35(44)41(20-30(5)6)21-31(7)8)15-13-14-37-16-17-39(27-37)26-36(45)42(22-32(9)10)23-33(11)12;1-8(2)6-12(7-9(3)4)10(13)5-11;7-2-1-4-9-5-3-8-6-9;/h16-17,27-33H,13-15,18-26H2,1-12H3;8-9H,5-7H2,1-4H3;3,5-6H,1-2,4,7H2;1H/q+1;;;/p-1. The molecule has 16 heteroatoms. The van der Waals surface area contributed by atoms with Crippen LogP contribution in [0.1, 0.15) is 124 Å². The van der Waals surface area contributed by atoms with Gasteiger partial charge in [0, 0.05) is 77.8 Å². The number of nitrogens with zero attached hydrogens (tertiary/aromatic N) is 9. The van der Waals surface area contributed by atoms with Gasteiger partial charge in [-0.15, -0.1) is 11.6 Å². The average Bonchev–Trinajstić information content (AvgIpc) is 3.90. The largest absolute Gasteiger partial charge is 1.00 e. The van der Waals surface area contributed by atoms with E-state index in [0.29, 0.717) is 60.4 Å². The third-order valence-corrected chi connectivity index (χ3v) is 10.3. The van der Waals surface area contributed by atoms with Gasteiger partial charge in [-0.05, 0) is 66.7 Å². The van der Waals surface area contributed by atoms with Gasteiger partial charge < -0.3 is 42.3 Å². The van der Waals surface area contributed by atoms with Gasteiger partial charge in [0.05, 0.1) is 26.0 Å². The van der Waals surface area contributed by atoms with Crippen LogP contribution in [0.15, 0.2) is 37.4 Å². The van der Waals surface area contributed by atoms with Crippen LogP contribution in [0.4, 0.5) is 0 Å². The summed E-state index contributed by atoms with van der Waals surface area (Å²) in [6, 6.07) is 0. The number of aromatic nitrogens is 4. The number of hydrogen-bond donors (Lipinski definition) is 1. The van der Waals surface area contributed by atoms with Crippen LogP contribution in [-0.4, -0.2) is 147 Å². The summed E-state index contributed by atoms with van der Waals surface area (Å²) in [7, 11) is 0. The Kier molecular flexibility index (Phi) is 37.0. The first-order valence-electron chi connectivity index (χ1n) is 25.5. The van der Waals surface area contributed by atoms with E-state index in [2.05, 4.69) is 120 Å². The minimum atomic E-state index is 0. The van der Waals surface area contributed by atoms with Crippen LogP contribution in [0.25, 0.3) is 0 Å². The molecule has 2 aromatic rings. The lowest BCUT2D eigenvalue weighted by molar-refractivity contribution is -0.684. The summed E-state index contributed by atoms with van der Waals surface area (Å²) in [5.74, 6) is 3.85. The second-order valence-corrected chi connectivity index (χ2v) is 22.1. The van der Waals surface area contributed by atoms with E-state index in [1.807, 2.05) is 58.6 Å². The molecule has 0 saturated heterocycles. The highest BCUT2D eigenvalue weighted by Crippen LogP contribution is 2.10. The fraction of sp³-hybridized carbons (Fsp3) is 0.808. The van der Waals surface area contributed by atoms with Crippen molar-refractivity contribution in [2.45, 2.75) is 143 Å². The van der Waals surface area contributed by atoms with Crippen molar-refractivity contribution in [1.82, 2.24) is 38.6 Å². The number of imidazole rings is 2. The highest BCUT2D eigenvalue weighted by molar-refractivity contribution is 6.27. The summed E-state index contributed by atoms with van der Waals surface area (Å²) >= 11 is 5.52. The molecule has 0 aliphatic heterocycles. The van der Waals surface area contributed by atoms with Crippen LogP contribution < -0.4 is 22.7 Å². The quantitative estimate of drug-likeness (QED) is 0.0901. The highest BCUT2D eigenvalue weighted by Gasteiger charge is 2.25. The normalized spacial score (nSPS) is 11.4. The Balaban J connectivity index is 0. The van der Waals surface area contributed by atoms with Gasteiger partial charge in [-0.3, -0.25) is 24.1 Å². The van der Waals surface area contributed by atoms with Gasteiger partial charge in [-0.2, -0.15) is 0 Å². The summed E-state index contributed by atoms with van der Waals surface area (Å²) in [5, 5.41) is 0. The van der Waals surface area contributed by atoms with Crippen LogP contribution >= 0.6 is 11.6 Å². The van der Waals surface area contributed by atoms with E-state index in [1.165, 1.54) is 0 Å². The van der Waals surface area contributed by atoms with Crippen molar-refractivity contribution in [3.8, 4) is 0 Å². The van der Waals surface area contributed by atoms with Crippen molar-refractivity contribution < 1.29 is 36.2 Å². The molecule has 2 heterocycles. The third-order valence-electron chi connectivity index (χ3n) is 10.1. The Morgan fingerprint density at radius 2 is 0.912 bits per heavy atom. The zero-order chi connectivity index (χ0) is 51.2. The van der Waals surface area contributed by atoms with Gasteiger partial charge in [0.2, 0.25) is 24.0 Å². The van der Waals surface area contributed by atoms with Crippen molar-refractivity contribution in [2.24, 2.45) is 53.1 Å². The summed E-state index contributed by atoms with van der Waals surface area (Å²) < 4.78 is 6.07. The summed E-state index contributed by atoms with van der Waals surface area (Å²) in [6.07, 6.45) is 13.3. The molecule has 0 bridgehead atoms. The number of carbonyl (C=O) groups excluding carboxylic acids is 4. The maximum atomic E-state index is 13.6. The first-order valence-corrected chi connectivity index (χ1v) is 26.0. The van der Waals surface area contributed by atoms with E-state index in [1.54, 1.807) is 12.5 Å². The molecule has 14 nitrogen and oxygen atoms in total. The maximum Gasteiger partial charge on any atom is 0.264 e. The molecular weight excluding hydrogens is 900 g/mol. The number of hydrogen-bond acceptors (Lipinski definition) is 7. The van der Waals surface area contributed by atoms with E-state index >= 15 is 0 Å². The van der Waals surface area contributed by atoms with E-state index in [4.69, 9.17) is 17.3 Å². The number of carbonyl (C=O) groups is 4. The number of amides is 4. The van der Waals surface area contributed by atoms with Crippen molar-refractivity contribution in [3.05, 3.63) is 37.4 Å². The molecular formula is C52H100Cl2N10O4. The molecule has 0 aromatic carbocycles. The Labute approximate surface area is 426 Å². The Hall–Kier alpha value is -3.20. The molecule has 0 saturated carbocycles. The first kappa shape index (κ1) is 66.9. The second kappa shape index (κ2) is 37.6. The van der Waals surface area contributed by atoms with Crippen LogP contribution in [0, 0.1) is 47.3 Å². The molecule has 4 amide bonds. The Morgan fingerprint density at radius 1 is 0.544 bits per heavy atom. The highest BCUT2D eigenvalue weighted by atomic mass is 35.5. The predicted octanol–water partition coefficient (Wildman–Crippen LogP) is 4.49. The summed E-state index contributed by atoms with van der Waals surface area (Å²) in [4.78, 5) is 65.3. The molecule has 2 rings (SSSR count). The van der Waals surface area contributed by atoms with Gasteiger partial charge >= 0.3 is 0 Å². The lowest BCUT2D eigenvalue weighted by atomic mass is 10.1. The smallest absolute Gasteiger partial charge is 0.264 e. The van der Waals surface area contributed by atoms with Crippen LogP contribution in [-0.2, 0) is 38.8 Å². The Morgan fingerprint density at radius 3 is 1.25 bits per heavy atom. The first-order chi connectivity index (χ1) is 31.4. The molecule has 0 aliphatic rings. The molecule has 396 valence electrons. The van der Waals surface area contributed by atoms with Crippen molar-refractivity contribution >= 4 is 35.2 Å². The molecule has 0 atom stereocenters. The van der Waals surface area contributed by atoms with Crippen LogP contribution in [0.3, 0.4) is 0 Å². The SMILES string of the molecule is CC(C)CN(CC(C)C)C(=O)CCl.CC(C)CN(CC(C)C)C(=O)CN(CCCn1cc[n+](CC(=O)N(CC(C)C)CC(C)C)c1)CC(=O)N(CC(C)C)CC(C)C.NCCCn1ccnc1.[Cl-]. The fourth-order valence-electron chi connectivity index (χ4n) is 7.61. The lowest BCUT2D eigenvalue weighted by Gasteiger charge is -2.32. The minimum absolute atomic E-state index is 0. The van der Waals surface area contributed by atoms with Crippen molar-refractivity contribution in [1.29, 1.82) is 0 Å². The number of halogens is 2. The number of nitrogens with two attached hydrogens (primary N) is 1. The van der Waals surface area contributed by atoms with E-state index in [9.17, 15) is 19.2 Å². The lowest BCUT2D eigenvalue weighted by Crippen LogP contribution is -3.00. The van der Waals surface area contributed by atoms with Gasteiger partial charge in [-0.1, -0.05) is 111 Å². The second-order valence-electron chi connectivity index (χ2n) is 21.8. The molecule has 0 fully saturated rings. The van der Waals surface area contributed by atoms with Crippen LogP contribution in [0.5, 0.6) is 0 Å². The number of alkyl halides is 1. The van der Waals surface area contributed by atoms with E-state index < -0.39 is 0 Å². The van der Waals surface area contributed by atoms with Crippen molar-refractivity contribution in [2.75, 3.05) is 84.4 Å². The third kappa shape index (κ3) is 33.4. The summed E-state index contributed by atoms with van der Waals surface area (Å²) in [6.45, 7) is 44.1. The molecule has 68 heavy (non-hydrogen) atoms. The molecule has 2 N–H and O–H groups in total. The van der Waals surface area contributed by atoms with Gasteiger partial charge in [-0.25, -0.2) is 14.1 Å². The van der Waals surface area contributed by atoms with Gasteiger partial charge in [0.1, 0.15) is 18.3 Å². The predicted molar refractivity (Wildman–Crippen MR) is 277 cm³/mol. The number of aryl methyl sites for hydroxylation is 2. The van der Waals surface area contributed by atoms with E-state index in [0.717, 1.165) is 84.8 Å². The van der Waals surface area contributed by atoms with Gasteiger partial charge in [0.25, 0.3) is 5.91 Å². The monoisotopic (exact) mass is 999 g/mol. The van der Waals surface area contributed by atoms with Crippen molar-refractivity contribution in [3.63, 3.8) is 0 Å². The maximum absolute atomic E-state index is 13.6. The molecule has 0 spiro atoms. The Bertz CT molecular complexity index is 1520. The molecule has 0 radical (unpaired) electrons. The summed E-state index contributed by atoms with van der Waals surface area (Å²) in [5.41, 5.74) is 5.31. The number of rotatable bonds is 30. The molecule has 0 unspecified atom stereocenters. The fourth-order valence-corrected chi connectivity index (χ4v) is 7.78. The molecule has 0 aliphatic carbocycles. The average molecular weight is 1000 g/mol. The zero-order valence-corrected chi connectivity index (χ0v) is 47.3.